The predicted octanol–water partition coefficient (Wildman–Crippen LogP) is 3.87. The fourth-order valence-corrected chi connectivity index (χ4v) is 2.55. The van der Waals surface area contributed by atoms with Crippen LogP contribution in [0.1, 0.15) is 61.3 Å². The smallest absolute Gasteiger partial charge is 0.0881 e. The van der Waals surface area contributed by atoms with E-state index in [1.54, 1.807) is 0 Å². The number of rotatable bonds is 7. The van der Waals surface area contributed by atoms with Crippen LogP contribution in [0.3, 0.4) is 0 Å². The van der Waals surface area contributed by atoms with Crippen LogP contribution in [0.15, 0.2) is 0 Å². The molecule has 0 aromatic heterocycles. The van der Waals surface area contributed by atoms with E-state index in [4.69, 9.17) is 4.74 Å². The van der Waals surface area contributed by atoms with Crippen LogP contribution in [-0.4, -0.2) is 23.9 Å². The fraction of sp³-hybridized carbons (Fsp3) is 1.00. The SMILES string of the molecule is CCOC(C(O)CC(C)CC(C)C)C(C)(C)C. The Hall–Kier alpha value is -0.0800. The van der Waals surface area contributed by atoms with Crippen LogP contribution >= 0.6 is 0 Å². The number of aliphatic hydroxyl groups is 1. The maximum absolute atomic E-state index is 10.3. The van der Waals surface area contributed by atoms with Gasteiger partial charge in [0.1, 0.15) is 0 Å². The molecule has 0 radical (unpaired) electrons. The number of ether oxygens (including phenoxy) is 1. The Morgan fingerprint density at radius 3 is 1.94 bits per heavy atom. The molecule has 0 aliphatic heterocycles. The van der Waals surface area contributed by atoms with E-state index in [0.29, 0.717) is 18.4 Å². The molecular weight excluding hydrogens is 212 g/mol. The van der Waals surface area contributed by atoms with Gasteiger partial charge < -0.3 is 9.84 Å². The van der Waals surface area contributed by atoms with Gasteiger partial charge in [0, 0.05) is 6.61 Å². The summed E-state index contributed by atoms with van der Waals surface area (Å²) in [5.41, 5.74) is -0.00697. The first-order chi connectivity index (χ1) is 7.68. The second kappa shape index (κ2) is 7.38. The predicted molar refractivity (Wildman–Crippen MR) is 74.1 cm³/mol. The first kappa shape index (κ1) is 16.9. The third kappa shape index (κ3) is 7.05. The average molecular weight is 244 g/mol. The number of hydrogen-bond acceptors (Lipinski definition) is 2. The second-order valence-electron chi connectivity index (χ2n) is 6.78. The lowest BCUT2D eigenvalue weighted by molar-refractivity contribution is -0.0946. The van der Waals surface area contributed by atoms with Crippen molar-refractivity contribution in [3.05, 3.63) is 0 Å². The zero-order valence-electron chi connectivity index (χ0n) is 12.8. The minimum Gasteiger partial charge on any atom is -0.390 e. The molecule has 0 aliphatic rings. The van der Waals surface area contributed by atoms with Crippen molar-refractivity contribution in [2.75, 3.05) is 6.61 Å². The van der Waals surface area contributed by atoms with E-state index in [1.165, 1.54) is 6.42 Å². The summed E-state index contributed by atoms with van der Waals surface area (Å²) in [6, 6.07) is 0. The van der Waals surface area contributed by atoms with Crippen molar-refractivity contribution in [3.63, 3.8) is 0 Å². The topological polar surface area (TPSA) is 29.5 Å². The van der Waals surface area contributed by atoms with Crippen molar-refractivity contribution < 1.29 is 9.84 Å². The summed E-state index contributed by atoms with van der Waals surface area (Å²) in [4.78, 5) is 0. The van der Waals surface area contributed by atoms with Gasteiger partial charge in [0.25, 0.3) is 0 Å². The molecule has 0 aromatic rings. The molecule has 104 valence electrons. The Morgan fingerprint density at radius 2 is 1.59 bits per heavy atom. The van der Waals surface area contributed by atoms with Crippen LogP contribution in [0.25, 0.3) is 0 Å². The largest absolute Gasteiger partial charge is 0.390 e. The molecule has 0 fully saturated rings. The lowest BCUT2D eigenvalue weighted by Gasteiger charge is -2.35. The lowest BCUT2D eigenvalue weighted by atomic mass is 9.82. The Morgan fingerprint density at radius 1 is 1.06 bits per heavy atom. The van der Waals surface area contributed by atoms with Gasteiger partial charge in [0.15, 0.2) is 0 Å². The Labute approximate surface area is 108 Å². The van der Waals surface area contributed by atoms with Crippen molar-refractivity contribution in [1.29, 1.82) is 0 Å². The molecule has 2 nitrogen and oxygen atoms in total. The Kier molecular flexibility index (Phi) is 7.34. The van der Waals surface area contributed by atoms with Gasteiger partial charge in [-0.2, -0.15) is 0 Å². The molecule has 2 heteroatoms. The van der Waals surface area contributed by atoms with Crippen LogP contribution in [0.4, 0.5) is 0 Å². The quantitative estimate of drug-likeness (QED) is 0.736. The van der Waals surface area contributed by atoms with Crippen molar-refractivity contribution >= 4 is 0 Å². The van der Waals surface area contributed by atoms with E-state index >= 15 is 0 Å². The van der Waals surface area contributed by atoms with Crippen molar-refractivity contribution in [2.45, 2.75) is 73.5 Å². The van der Waals surface area contributed by atoms with Crippen molar-refractivity contribution in [3.8, 4) is 0 Å². The third-order valence-corrected chi connectivity index (χ3v) is 3.07. The van der Waals surface area contributed by atoms with E-state index in [1.807, 2.05) is 6.92 Å². The highest BCUT2D eigenvalue weighted by atomic mass is 16.5. The lowest BCUT2D eigenvalue weighted by Crippen LogP contribution is -2.41. The van der Waals surface area contributed by atoms with Gasteiger partial charge in [-0.1, -0.05) is 41.5 Å². The summed E-state index contributed by atoms with van der Waals surface area (Å²) in [5, 5.41) is 10.3. The summed E-state index contributed by atoms with van der Waals surface area (Å²) in [6.07, 6.45) is 1.57. The highest BCUT2D eigenvalue weighted by molar-refractivity contribution is 4.82. The summed E-state index contributed by atoms with van der Waals surface area (Å²) in [7, 11) is 0. The summed E-state index contributed by atoms with van der Waals surface area (Å²) < 4.78 is 5.72. The van der Waals surface area contributed by atoms with Gasteiger partial charge in [-0.05, 0) is 37.0 Å². The van der Waals surface area contributed by atoms with Crippen LogP contribution in [0.5, 0.6) is 0 Å². The molecule has 0 heterocycles. The van der Waals surface area contributed by atoms with Gasteiger partial charge in [0.2, 0.25) is 0 Å². The molecular formula is C15H32O2. The van der Waals surface area contributed by atoms with Crippen LogP contribution < -0.4 is 0 Å². The van der Waals surface area contributed by atoms with E-state index in [0.717, 1.165) is 6.42 Å². The molecule has 1 N–H and O–H groups in total. The van der Waals surface area contributed by atoms with Gasteiger partial charge >= 0.3 is 0 Å². The molecule has 0 spiro atoms. The highest BCUT2D eigenvalue weighted by Crippen LogP contribution is 2.29. The normalized spacial score (nSPS) is 18.2. The van der Waals surface area contributed by atoms with E-state index in [-0.39, 0.29) is 17.6 Å². The molecule has 0 aliphatic carbocycles. The zero-order chi connectivity index (χ0) is 13.6. The zero-order valence-corrected chi connectivity index (χ0v) is 12.8. The highest BCUT2D eigenvalue weighted by Gasteiger charge is 2.32. The first-order valence-electron chi connectivity index (χ1n) is 6.98. The molecule has 0 saturated carbocycles. The maximum Gasteiger partial charge on any atom is 0.0881 e. The molecule has 3 unspecified atom stereocenters. The summed E-state index contributed by atoms with van der Waals surface area (Å²) >= 11 is 0. The molecule has 0 aromatic carbocycles. The molecule has 0 bridgehead atoms. The first-order valence-corrected chi connectivity index (χ1v) is 6.98. The maximum atomic E-state index is 10.3. The fourth-order valence-electron chi connectivity index (χ4n) is 2.55. The monoisotopic (exact) mass is 244 g/mol. The molecule has 17 heavy (non-hydrogen) atoms. The minimum atomic E-state index is -0.358. The molecule has 0 saturated heterocycles. The number of aliphatic hydroxyl groups excluding tert-OH is 1. The third-order valence-electron chi connectivity index (χ3n) is 3.07. The van der Waals surface area contributed by atoms with Gasteiger partial charge in [-0.3, -0.25) is 0 Å². The van der Waals surface area contributed by atoms with E-state index in [9.17, 15) is 5.11 Å². The van der Waals surface area contributed by atoms with Crippen molar-refractivity contribution in [2.24, 2.45) is 17.3 Å². The second-order valence-corrected chi connectivity index (χ2v) is 6.78. The van der Waals surface area contributed by atoms with Crippen molar-refractivity contribution in [1.82, 2.24) is 0 Å². The van der Waals surface area contributed by atoms with Gasteiger partial charge in [-0.15, -0.1) is 0 Å². The van der Waals surface area contributed by atoms with Gasteiger partial charge in [0.05, 0.1) is 12.2 Å². The average Bonchev–Trinajstić information content (AvgIpc) is 2.10. The van der Waals surface area contributed by atoms with Crippen LogP contribution in [-0.2, 0) is 4.74 Å². The van der Waals surface area contributed by atoms with Crippen LogP contribution in [0, 0.1) is 17.3 Å². The summed E-state index contributed by atoms with van der Waals surface area (Å²) in [6.45, 7) is 15.7. The van der Waals surface area contributed by atoms with Crippen LogP contribution in [0.2, 0.25) is 0 Å². The van der Waals surface area contributed by atoms with Gasteiger partial charge in [-0.25, -0.2) is 0 Å². The Bertz CT molecular complexity index is 194. The molecule has 3 atom stereocenters. The minimum absolute atomic E-state index is 0.00697. The summed E-state index contributed by atoms with van der Waals surface area (Å²) in [5.74, 6) is 1.24. The van der Waals surface area contributed by atoms with E-state index < -0.39 is 0 Å². The Balaban J connectivity index is 4.37. The van der Waals surface area contributed by atoms with E-state index in [2.05, 4.69) is 41.5 Å². The standard InChI is InChI=1S/C15H32O2/c1-8-17-14(15(5,6)7)13(16)10-12(4)9-11(2)3/h11-14,16H,8-10H2,1-7H3. The number of hydrogen-bond donors (Lipinski definition) is 1. The molecule has 0 rings (SSSR count). The molecule has 0 amide bonds.